The zero-order chi connectivity index (χ0) is 31.5. The van der Waals surface area contributed by atoms with Gasteiger partial charge in [-0.25, -0.2) is 9.79 Å². The Kier molecular flexibility index (Phi) is 8.61. The third kappa shape index (κ3) is 6.03. The molecular formula is C34H32N2O8S. The van der Waals surface area contributed by atoms with Crippen molar-refractivity contribution in [2.45, 2.75) is 33.4 Å². The molecule has 3 aromatic carbocycles. The summed E-state index contributed by atoms with van der Waals surface area (Å²) in [6.45, 7) is 6.66. The first-order chi connectivity index (χ1) is 21.9. The number of hydrogen-bond acceptors (Lipinski definition) is 10. The zero-order valence-corrected chi connectivity index (χ0v) is 26.1. The summed E-state index contributed by atoms with van der Waals surface area (Å²) < 4.78 is 35.5. The molecule has 11 heteroatoms. The van der Waals surface area contributed by atoms with Crippen LogP contribution in [0.1, 0.15) is 43.5 Å². The van der Waals surface area contributed by atoms with Crippen LogP contribution in [-0.4, -0.2) is 37.7 Å². The van der Waals surface area contributed by atoms with Crippen LogP contribution in [0.25, 0.3) is 6.08 Å². The largest absolute Gasteiger partial charge is 0.494 e. The van der Waals surface area contributed by atoms with Crippen LogP contribution in [0.3, 0.4) is 0 Å². The molecule has 0 N–H and O–H groups in total. The molecule has 3 heterocycles. The highest BCUT2D eigenvalue weighted by Gasteiger charge is 2.33. The van der Waals surface area contributed by atoms with Gasteiger partial charge in [0.25, 0.3) is 5.56 Å². The minimum Gasteiger partial charge on any atom is -0.494 e. The van der Waals surface area contributed by atoms with Crippen LogP contribution in [-0.2, 0) is 16.1 Å². The standard InChI is InChI=1S/C34H32N2O8S/c1-5-40-24-11-9-23(10-12-24)31-30(33(38)41-6-2)20(3)35-34-36(31)32(37)29(45-34)17-21-7-13-25(27(15-21)39-4)42-18-22-8-14-26-28(16-22)44-19-43-26/h7-17,31H,5-6,18-19H2,1-4H3/b29-17-. The fourth-order valence-corrected chi connectivity index (χ4v) is 6.30. The Balaban J connectivity index is 1.34. The Morgan fingerprint density at radius 1 is 1.00 bits per heavy atom. The molecule has 10 nitrogen and oxygen atoms in total. The monoisotopic (exact) mass is 628 g/mol. The number of ether oxygens (including phenoxy) is 6. The van der Waals surface area contributed by atoms with Crippen LogP contribution in [0.15, 0.2) is 81.7 Å². The van der Waals surface area contributed by atoms with Gasteiger partial charge < -0.3 is 28.4 Å². The van der Waals surface area contributed by atoms with Crippen LogP contribution < -0.4 is 38.6 Å². The van der Waals surface area contributed by atoms with Gasteiger partial charge in [-0.1, -0.05) is 35.6 Å². The highest BCUT2D eigenvalue weighted by atomic mass is 32.1. The number of aromatic nitrogens is 1. The predicted molar refractivity (Wildman–Crippen MR) is 168 cm³/mol. The number of allylic oxidation sites excluding steroid dienone is 1. The summed E-state index contributed by atoms with van der Waals surface area (Å²) in [5.41, 5.74) is 2.97. The van der Waals surface area contributed by atoms with Gasteiger partial charge in [-0.2, -0.15) is 0 Å². The minimum atomic E-state index is -0.709. The smallest absolute Gasteiger partial charge is 0.338 e. The molecule has 232 valence electrons. The molecule has 0 bridgehead atoms. The van der Waals surface area contributed by atoms with Crippen molar-refractivity contribution in [1.29, 1.82) is 0 Å². The quantitative estimate of drug-likeness (QED) is 0.236. The molecule has 2 aliphatic rings. The van der Waals surface area contributed by atoms with E-state index >= 15 is 0 Å². The van der Waals surface area contributed by atoms with Gasteiger partial charge in [-0.3, -0.25) is 9.36 Å². The molecule has 0 aliphatic carbocycles. The summed E-state index contributed by atoms with van der Waals surface area (Å²) in [5, 5.41) is 0. The fourth-order valence-electron chi connectivity index (χ4n) is 5.26. The first-order valence-electron chi connectivity index (χ1n) is 14.5. The summed E-state index contributed by atoms with van der Waals surface area (Å²) in [7, 11) is 1.57. The van der Waals surface area contributed by atoms with E-state index in [0.29, 0.717) is 62.6 Å². The second-order valence-electron chi connectivity index (χ2n) is 10.2. The first kappa shape index (κ1) is 30.0. The van der Waals surface area contributed by atoms with Crippen molar-refractivity contribution in [2.24, 2.45) is 4.99 Å². The Morgan fingerprint density at radius 3 is 2.56 bits per heavy atom. The summed E-state index contributed by atoms with van der Waals surface area (Å²) in [6, 6.07) is 17.8. The lowest BCUT2D eigenvalue weighted by molar-refractivity contribution is -0.139. The van der Waals surface area contributed by atoms with E-state index in [1.165, 1.54) is 11.3 Å². The fraction of sp³-hybridized carbons (Fsp3) is 0.265. The number of hydrogen-bond donors (Lipinski definition) is 0. The SMILES string of the molecule is CCOC(=O)C1=C(C)N=c2s/c(=C\c3ccc(OCc4ccc5c(c4)OCO5)c(OC)c3)c(=O)n2C1c1ccc(OCC)cc1. The van der Waals surface area contributed by atoms with Crippen molar-refractivity contribution in [3.63, 3.8) is 0 Å². The highest BCUT2D eigenvalue weighted by molar-refractivity contribution is 7.07. The molecule has 0 spiro atoms. The van der Waals surface area contributed by atoms with Gasteiger partial charge in [-0.15, -0.1) is 0 Å². The Labute approximate surface area is 263 Å². The topological polar surface area (TPSA) is 107 Å². The Morgan fingerprint density at radius 2 is 1.80 bits per heavy atom. The number of carbonyl (C=O) groups excluding carboxylic acids is 1. The van der Waals surface area contributed by atoms with Gasteiger partial charge in [0.1, 0.15) is 12.4 Å². The maximum absolute atomic E-state index is 14.0. The molecular weight excluding hydrogens is 596 g/mol. The van der Waals surface area contributed by atoms with Crippen LogP contribution in [0.4, 0.5) is 0 Å². The van der Waals surface area contributed by atoms with E-state index in [2.05, 4.69) is 4.99 Å². The van der Waals surface area contributed by atoms with E-state index in [1.807, 2.05) is 61.5 Å². The van der Waals surface area contributed by atoms with Gasteiger partial charge in [-0.05, 0) is 79.9 Å². The molecule has 4 aromatic rings. The molecule has 2 aliphatic heterocycles. The van der Waals surface area contributed by atoms with E-state index in [1.54, 1.807) is 37.7 Å². The lowest BCUT2D eigenvalue weighted by atomic mass is 9.96. The molecule has 6 rings (SSSR count). The molecule has 0 saturated heterocycles. The number of methoxy groups -OCH3 is 1. The maximum Gasteiger partial charge on any atom is 0.338 e. The predicted octanol–water partition coefficient (Wildman–Crippen LogP) is 4.51. The van der Waals surface area contributed by atoms with Crippen molar-refractivity contribution in [3.8, 4) is 28.7 Å². The first-order valence-corrected chi connectivity index (χ1v) is 15.3. The van der Waals surface area contributed by atoms with E-state index in [0.717, 1.165) is 16.7 Å². The minimum absolute atomic E-state index is 0.203. The van der Waals surface area contributed by atoms with Gasteiger partial charge in [0.2, 0.25) is 6.79 Å². The summed E-state index contributed by atoms with van der Waals surface area (Å²) in [5.74, 6) is 2.67. The molecule has 0 saturated carbocycles. The number of fused-ring (bicyclic) bond motifs is 2. The van der Waals surface area contributed by atoms with Gasteiger partial charge >= 0.3 is 5.97 Å². The molecule has 0 amide bonds. The van der Waals surface area contributed by atoms with Crippen molar-refractivity contribution in [3.05, 3.63) is 108 Å². The van der Waals surface area contributed by atoms with Crippen LogP contribution in [0.2, 0.25) is 0 Å². The Hall–Kier alpha value is -5.03. The maximum atomic E-state index is 14.0. The third-order valence-corrected chi connectivity index (χ3v) is 8.32. The summed E-state index contributed by atoms with van der Waals surface area (Å²) >= 11 is 1.26. The molecule has 45 heavy (non-hydrogen) atoms. The second-order valence-corrected chi connectivity index (χ2v) is 11.2. The molecule has 1 aromatic heterocycles. The highest BCUT2D eigenvalue weighted by Crippen LogP contribution is 2.34. The van der Waals surface area contributed by atoms with Crippen LogP contribution >= 0.6 is 11.3 Å². The average molecular weight is 629 g/mol. The van der Waals surface area contributed by atoms with Gasteiger partial charge in [0, 0.05) is 0 Å². The normalized spacial score (nSPS) is 15.4. The van der Waals surface area contributed by atoms with Crippen molar-refractivity contribution >= 4 is 23.4 Å². The second kappa shape index (κ2) is 12.9. The molecule has 1 atom stereocenters. The average Bonchev–Trinajstić information content (AvgIpc) is 3.63. The van der Waals surface area contributed by atoms with Crippen LogP contribution in [0, 0.1) is 0 Å². The number of carbonyl (C=O) groups is 1. The molecule has 0 radical (unpaired) electrons. The number of benzene rings is 3. The van der Waals surface area contributed by atoms with Crippen molar-refractivity contribution in [2.75, 3.05) is 27.1 Å². The van der Waals surface area contributed by atoms with Crippen molar-refractivity contribution < 1.29 is 33.2 Å². The zero-order valence-electron chi connectivity index (χ0n) is 25.3. The van der Waals surface area contributed by atoms with E-state index in [-0.39, 0.29) is 19.0 Å². The van der Waals surface area contributed by atoms with E-state index in [4.69, 9.17) is 28.4 Å². The van der Waals surface area contributed by atoms with Crippen molar-refractivity contribution in [1.82, 2.24) is 4.57 Å². The number of thiazole rings is 1. The Bertz CT molecular complexity index is 1960. The van der Waals surface area contributed by atoms with Gasteiger partial charge in [0.15, 0.2) is 27.8 Å². The molecule has 1 unspecified atom stereocenters. The molecule has 0 fully saturated rings. The van der Waals surface area contributed by atoms with Gasteiger partial charge in [0.05, 0.1) is 42.2 Å². The number of nitrogens with zero attached hydrogens (tertiary/aromatic N) is 2. The summed E-state index contributed by atoms with van der Waals surface area (Å²) in [4.78, 5) is 32.3. The van der Waals surface area contributed by atoms with E-state index in [9.17, 15) is 9.59 Å². The number of esters is 1. The number of rotatable bonds is 10. The third-order valence-electron chi connectivity index (χ3n) is 7.34. The lowest BCUT2D eigenvalue weighted by Gasteiger charge is -2.24. The van der Waals surface area contributed by atoms with Crippen LogP contribution in [0.5, 0.6) is 28.7 Å². The summed E-state index contributed by atoms with van der Waals surface area (Å²) in [6.07, 6.45) is 1.78. The lowest BCUT2D eigenvalue weighted by Crippen LogP contribution is -2.39. The van der Waals surface area contributed by atoms with E-state index < -0.39 is 12.0 Å².